The molecule has 0 atom stereocenters. The van der Waals surface area contributed by atoms with Gasteiger partial charge in [0.1, 0.15) is 18.5 Å². The van der Waals surface area contributed by atoms with Crippen molar-refractivity contribution in [1.29, 1.82) is 0 Å². The predicted molar refractivity (Wildman–Crippen MR) is 373 cm³/mol. The molecule has 0 spiro atoms. The van der Waals surface area contributed by atoms with Crippen molar-refractivity contribution in [1.82, 2.24) is 96.1 Å². The molecule has 8 rings (SSSR count). The number of hydrogen-bond acceptors (Lipinski definition) is 19. The third kappa shape index (κ3) is 60.1. The molecule has 8 heterocycles. The van der Waals surface area contributed by atoms with E-state index in [1.807, 2.05) is 187 Å². The average Bonchev–Trinajstić information content (AvgIpc) is 3.61. The van der Waals surface area contributed by atoms with Crippen molar-refractivity contribution in [3.8, 4) is 0 Å². The summed E-state index contributed by atoms with van der Waals surface area (Å²) in [6, 6.07) is 11.6. The lowest BCUT2D eigenvalue weighted by atomic mass is 10.1. The molecule has 0 fully saturated rings. The Hall–Kier alpha value is -7.57. The molecule has 0 saturated carbocycles. The van der Waals surface area contributed by atoms with E-state index in [0.29, 0.717) is 47.3 Å². The standard InChI is InChI=1S/5C7H10N2.3C6H9N3.8C2H6/c1-6(2)7-3-8-5-9-4-7;1-6(2)7-3-4-8-9-5-7;1-6(2)7-8-4-3-5-9-7;2*1-6(2)7-4-3-5-8-9-7;1-5(2)6-3-8-9-4-7-6;2*1-5(2)6-7-3-4-8-9-6;8*1-2/h5*3-6H,1-2H3;3*3-5H,1-2H3;8*1-2H3. The number of rotatable bonds is 8. The van der Waals surface area contributed by atoms with Gasteiger partial charge in [0.25, 0.3) is 0 Å². The highest BCUT2D eigenvalue weighted by Gasteiger charge is 2.02. The first-order valence-corrected chi connectivity index (χ1v) is 32.2. The van der Waals surface area contributed by atoms with Gasteiger partial charge in [0.2, 0.25) is 0 Å². The van der Waals surface area contributed by atoms with Gasteiger partial charge < -0.3 is 0 Å². The zero-order valence-corrected chi connectivity index (χ0v) is 61.2. The Bertz CT molecular complexity index is 1890. The number of nitrogens with zero attached hydrogens (tertiary/aromatic N) is 19. The van der Waals surface area contributed by atoms with Crippen molar-refractivity contribution in [3.63, 3.8) is 0 Å². The van der Waals surface area contributed by atoms with Gasteiger partial charge in [0.05, 0.1) is 41.9 Å². The molecular formula is C69H125N19. The molecule has 0 aromatic carbocycles. The number of hydrogen-bond donors (Lipinski definition) is 0. The van der Waals surface area contributed by atoms with Gasteiger partial charge in [-0.25, -0.2) is 34.9 Å². The molecule has 0 aliphatic rings. The molecule has 496 valence electrons. The van der Waals surface area contributed by atoms with Crippen LogP contribution in [-0.2, 0) is 0 Å². The van der Waals surface area contributed by atoms with Crippen LogP contribution in [0.2, 0.25) is 0 Å². The molecule has 8 aromatic rings. The van der Waals surface area contributed by atoms with Gasteiger partial charge in [0.15, 0.2) is 11.6 Å². The molecule has 0 unspecified atom stereocenters. The van der Waals surface area contributed by atoms with Crippen LogP contribution in [0.3, 0.4) is 0 Å². The van der Waals surface area contributed by atoms with Crippen LogP contribution in [0.15, 0.2) is 130 Å². The summed E-state index contributed by atoms with van der Waals surface area (Å²) in [6.45, 7) is 65.4. The van der Waals surface area contributed by atoms with Gasteiger partial charge in [-0.3, -0.25) is 0 Å². The van der Waals surface area contributed by atoms with Crippen molar-refractivity contribution in [2.24, 2.45) is 0 Å². The van der Waals surface area contributed by atoms with E-state index in [9.17, 15) is 0 Å². The van der Waals surface area contributed by atoms with Gasteiger partial charge in [-0.05, 0) is 77.1 Å². The Morgan fingerprint density at radius 1 is 0.227 bits per heavy atom. The maximum atomic E-state index is 4.07. The average molecular weight is 1220 g/mol. The van der Waals surface area contributed by atoms with Gasteiger partial charge in [-0.2, -0.15) is 45.9 Å². The largest absolute Gasteiger partial charge is 0.245 e. The molecule has 88 heavy (non-hydrogen) atoms. The van der Waals surface area contributed by atoms with Crippen molar-refractivity contribution >= 4 is 0 Å². The zero-order valence-electron chi connectivity index (χ0n) is 61.2. The fraction of sp³-hybridized carbons (Fsp3) is 0.580. The second-order valence-corrected chi connectivity index (χ2v) is 18.0. The normalized spacial score (nSPS) is 8.82. The van der Waals surface area contributed by atoms with Crippen molar-refractivity contribution < 1.29 is 0 Å². The highest BCUT2D eigenvalue weighted by atomic mass is 15.1. The maximum Gasteiger partial charge on any atom is 0.153 e. The predicted octanol–water partition coefficient (Wildman–Crippen LogP) is 19.2. The van der Waals surface area contributed by atoms with Crippen molar-refractivity contribution in [3.05, 3.63) is 175 Å². The van der Waals surface area contributed by atoms with E-state index >= 15 is 0 Å². The van der Waals surface area contributed by atoms with Crippen LogP contribution in [-0.4, -0.2) is 96.1 Å². The molecule has 0 aliphatic carbocycles. The van der Waals surface area contributed by atoms with E-state index in [1.54, 1.807) is 74.5 Å². The van der Waals surface area contributed by atoms with Gasteiger partial charge in [-0.1, -0.05) is 222 Å². The second kappa shape index (κ2) is 75.5. The van der Waals surface area contributed by atoms with Crippen LogP contribution in [0.25, 0.3) is 0 Å². The molecule has 0 radical (unpaired) electrons. The van der Waals surface area contributed by atoms with E-state index < -0.39 is 0 Å². The summed E-state index contributed by atoms with van der Waals surface area (Å²) in [4.78, 5) is 27.9. The molecule has 0 N–H and O–H groups in total. The highest BCUT2D eigenvalue weighted by molar-refractivity contribution is 5.10. The summed E-state index contributed by atoms with van der Waals surface area (Å²) in [7, 11) is 0. The topological polar surface area (TPSA) is 245 Å². The van der Waals surface area contributed by atoms with Crippen LogP contribution in [0.4, 0.5) is 0 Å². The molecule has 8 aromatic heterocycles. The minimum atomic E-state index is 0.374. The van der Waals surface area contributed by atoms with Crippen molar-refractivity contribution in [2.75, 3.05) is 0 Å². The SMILES string of the molecule is CC.CC.CC.CC.CC.CC.CC.CC.CC(C)c1cccnn1.CC(C)c1cccnn1.CC(C)c1ccnnc1.CC(C)c1cncnc1.CC(C)c1cnncn1.CC(C)c1ncccn1.CC(C)c1nccnn1.CC(C)c1nccnn1. The summed E-state index contributed by atoms with van der Waals surface area (Å²) in [5.41, 5.74) is 5.53. The molecule has 19 nitrogen and oxygen atoms in total. The fourth-order valence-electron chi connectivity index (χ4n) is 4.69. The molecule has 19 heteroatoms. The van der Waals surface area contributed by atoms with Gasteiger partial charge >= 0.3 is 0 Å². The summed E-state index contributed by atoms with van der Waals surface area (Å²) < 4.78 is 0. The Kier molecular flexibility index (Phi) is 83.0. The first kappa shape index (κ1) is 96.7. The monoisotopic (exact) mass is 1220 g/mol. The van der Waals surface area contributed by atoms with Crippen LogP contribution in [0, 0.1) is 0 Å². The summed E-state index contributed by atoms with van der Waals surface area (Å²) in [6.07, 6.45) is 25.3. The lowest BCUT2D eigenvalue weighted by Crippen LogP contribution is -1.96. The lowest BCUT2D eigenvalue weighted by molar-refractivity contribution is 0.735. The van der Waals surface area contributed by atoms with Crippen LogP contribution in [0.5, 0.6) is 0 Å². The zero-order chi connectivity index (χ0) is 69.5. The van der Waals surface area contributed by atoms with E-state index in [0.717, 1.165) is 34.6 Å². The maximum absolute atomic E-state index is 4.07. The third-order valence-electron chi connectivity index (χ3n) is 9.13. The first-order valence-electron chi connectivity index (χ1n) is 32.2. The van der Waals surface area contributed by atoms with E-state index in [-0.39, 0.29) is 0 Å². The van der Waals surface area contributed by atoms with Crippen molar-refractivity contribution in [2.45, 2.75) is 269 Å². The quantitative estimate of drug-likeness (QED) is 0.137. The fourth-order valence-corrected chi connectivity index (χ4v) is 4.69. The Morgan fingerprint density at radius 2 is 0.591 bits per heavy atom. The van der Waals surface area contributed by atoms with Crippen LogP contribution in [0.1, 0.15) is 315 Å². The van der Waals surface area contributed by atoms with Crippen LogP contribution < -0.4 is 0 Å². The molecule has 0 bridgehead atoms. The summed E-state index contributed by atoms with van der Waals surface area (Å²) in [5.74, 6) is 6.21. The number of aromatic nitrogens is 19. The molecule has 0 aliphatic heterocycles. The van der Waals surface area contributed by atoms with Gasteiger partial charge in [-0.15, -0.1) is 15.3 Å². The van der Waals surface area contributed by atoms with Gasteiger partial charge in [0, 0.05) is 73.5 Å². The highest BCUT2D eigenvalue weighted by Crippen LogP contribution is 2.12. The van der Waals surface area contributed by atoms with Crippen LogP contribution >= 0.6 is 0 Å². The third-order valence-corrected chi connectivity index (χ3v) is 9.13. The van der Waals surface area contributed by atoms with E-state index in [2.05, 4.69) is 179 Å². The Morgan fingerprint density at radius 3 is 0.795 bits per heavy atom. The van der Waals surface area contributed by atoms with E-state index in [4.69, 9.17) is 0 Å². The molecular weight excluding hydrogens is 1090 g/mol. The Balaban J connectivity index is -0.000000134. The molecule has 0 amide bonds. The summed E-state index contributed by atoms with van der Waals surface area (Å²) >= 11 is 0. The molecule has 0 saturated heterocycles. The minimum absolute atomic E-state index is 0.374. The smallest absolute Gasteiger partial charge is 0.153 e. The van der Waals surface area contributed by atoms with E-state index in [1.165, 1.54) is 17.5 Å². The second-order valence-electron chi connectivity index (χ2n) is 18.0. The minimum Gasteiger partial charge on any atom is -0.245 e. The Labute approximate surface area is 538 Å². The first-order chi connectivity index (χ1) is 42.4. The summed E-state index contributed by atoms with van der Waals surface area (Å²) in [5, 5.41) is 45.1. The lowest BCUT2D eigenvalue weighted by Gasteiger charge is -2.00.